The molecule has 0 amide bonds. The summed E-state index contributed by atoms with van der Waals surface area (Å²) < 4.78 is 5.69. The predicted octanol–water partition coefficient (Wildman–Crippen LogP) is 5.69. The number of aryl methyl sites for hydroxylation is 4. The van der Waals surface area contributed by atoms with E-state index in [9.17, 15) is 15.0 Å². The fraction of sp³-hybridized carbons (Fsp3) is 0.424. The number of aliphatic hydroxyl groups is 2. The molecule has 0 saturated heterocycles. The number of hydrogen-bond donors (Lipinski definition) is 3. The van der Waals surface area contributed by atoms with Crippen LogP contribution in [0.4, 0.5) is 0 Å². The quantitative estimate of drug-likeness (QED) is 0.324. The van der Waals surface area contributed by atoms with Crippen LogP contribution in [0, 0.1) is 26.2 Å². The highest BCUT2D eigenvalue weighted by Gasteiger charge is 2.54. The third kappa shape index (κ3) is 5.23. The molecule has 38 heavy (non-hydrogen) atoms. The Balaban J connectivity index is 1.33. The summed E-state index contributed by atoms with van der Waals surface area (Å²) in [5.74, 6) is 0.174. The smallest absolute Gasteiger partial charge is 0.303 e. The highest BCUT2D eigenvalue weighted by atomic mass is 16.5. The second kappa shape index (κ2) is 10.5. The van der Waals surface area contributed by atoms with E-state index in [-0.39, 0.29) is 31.0 Å². The lowest BCUT2D eigenvalue weighted by atomic mass is 9.86. The van der Waals surface area contributed by atoms with E-state index in [0.717, 1.165) is 43.2 Å². The number of hydrogen-bond acceptors (Lipinski definition) is 4. The van der Waals surface area contributed by atoms with Gasteiger partial charge in [-0.3, -0.25) is 4.79 Å². The number of aliphatic carboxylic acids is 1. The molecule has 2 atom stereocenters. The molecule has 3 N–H and O–H groups in total. The van der Waals surface area contributed by atoms with Gasteiger partial charge in [-0.2, -0.15) is 0 Å². The molecule has 1 spiro atoms. The molecular formula is C33H38O5. The molecule has 0 aromatic heterocycles. The first-order chi connectivity index (χ1) is 18.2. The van der Waals surface area contributed by atoms with Crippen molar-refractivity contribution in [2.45, 2.75) is 71.3 Å². The zero-order valence-corrected chi connectivity index (χ0v) is 22.6. The van der Waals surface area contributed by atoms with Crippen molar-refractivity contribution in [2.24, 2.45) is 5.41 Å². The van der Waals surface area contributed by atoms with Crippen molar-refractivity contribution >= 4 is 5.97 Å². The average molecular weight is 515 g/mol. The molecule has 1 unspecified atom stereocenters. The lowest BCUT2D eigenvalue weighted by molar-refractivity contribution is -0.137. The normalized spacial score (nSPS) is 17.9. The minimum absolute atomic E-state index is 0.0626. The fourth-order valence-electron chi connectivity index (χ4n) is 6.51. The topological polar surface area (TPSA) is 87.0 Å². The van der Waals surface area contributed by atoms with Crippen LogP contribution in [0.5, 0.6) is 5.75 Å². The van der Waals surface area contributed by atoms with Gasteiger partial charge in [0.15, 0.2) is 0 Å². The minimum Gasteiger partial charge on any atom is -0.491 e. The van der Waals surface area contributed by atoms with E-state index in [1.807, 2.05) is 12.1 Å². The van der Waals surface area contributed by atoms with Crippen LogP contribution in [-0.4, -0.2) is 40.6 Å². The fourth-order valence-corrected chi connectivity index (χ4v) is 6.51. The van der Waals surface area contributed by atoms with E-state index >= 15 is 0 Å². The van der Waals surface area contributed by atoms with Crippen LogP contribution in [0.25, 0.3) is 11.1 Å². The van der Waals surface area contributed by atoms with Gasteiger partial charge in [-0.25, -0.2) is 0 Å². The zero-order valence-electron chi connectivity index (χ0n) is 22.6. The van der Waals surface area contributed by atoms with E-state index in [1.54, 1.807) is 0 Å². The lowest BCUT2D eigenvalue weighted by Crippen LogP contribution is -2.21. The van der Waals surface area contributed by atoms with Crippen molar-refractivity contribution in [2.75, 3.05) is 13.2 Å². The average Bonchev–Trinajstić information content (AvgIpc) is 3.59. The molecular weight excluding hydrogens is 476 g/mol. The Hall–Kier alpha value is -3.15. The predicted molar refractivity (Wildman–Crippen MR) is 149 cm³/mol. The number of fused-ring (bicyclic) bond motifs is 1. The molecule has 5 rings (SSSR count). The van der Waals surface area contributed by atoms with Crippen LogP contribution in [0.2, 0.25) is 0 Å². The second-order valence-corrected chi connectivity index (χ2v) is 11.4. The van der Waals surface area contributed by atoms with Crippen molar-refractivity contribution < 1.29 is 24.9 Å². The van der Waals surface area contributed by atoms with Gasteiger partial charge in [0.1, 0.15) is 18.5 Å². The van der Waals surface area contributed by atoms with Crippen LogP contribution in [0.3, 0.4) is 0 Å². The SMILES string of the molecule is Cc1cc(OC[C@@H](O)CO)cc(C)c1-c1cccc(CCc2ccc3c(c2)CC2(CC2)C3CC(=O)O)c1C. The Morgan fingerprint density at radius 1 is 1.05 bits per heavy atom. The van der Waals surface area contributed by atoms with Crippen molar-refractivity contribution in [3.8, 4) is 16.9 Å². The molecule has 0 bridgehead atoms. The summed E-state index contributed by atoms with van der Waals surface area (Å²) in [7, 11) is 0. The number of benzene rings is 3. The maximum absolute atomic E-state index is 11.5. The van der Waals surface area contributed by atoms with E-state index in [2.05, 4.69) is 57.2 Å². The van der Waals surface area contributed by atoms with E-state index in [0.29, 0.717) is 5.75 Å². The van der Waals surface area contributed by atoms with E-state index in [1.165, 1.54) is 38.9 Å². The van der Waals surface area contributed by atoms with Gasteiger partial charge in [0.05, 0.1) is 13.0 Å². The molecule has 3 aromatic rings. The number of carboxylic acid groups (broad SMARTS) is 1. The molecule has 1 saturated carbocycles. The third-order valence-corrected chi connectivity index (χ3v) is 8.69. The monoisotopic (exact) mass is 514 g/mol. The Labute approximate surface area is 225 Å². The highest BCUT2D eigenvalue weighted by Crippen LogP contribution is 2.64. The maximum Gasteiger partial charge on any atom is 0.303 e. The van der Waals surface area contributed by atoms with Crippen molar-refractivity contribution in [1.29, 1.82) is 0 Å². The van der Waals surface area contributed by atoms with Crippen LogP contribution in [0.1, 0.15) is 64.1 Å². The third-order valence-electron chi connectivity index (χ3n) is 8.69. The molecule has 5 nitrogen and oxygen atoms in total. The van der Waals surface area contributed by atoms with E-state index in [4.69, 9.17) is 9.84 Å². The van der Waals surface area contributed by atoms with Gasteiger partial charge in [0.2, 0.25) is 0 Å². The van der Waals surface area contributed by atoms with E-state index < -0.39 is 12.1 Å². The molecule has 2 aliphatic carbocycles. The van der Waals surface area contributed by atoms with Gasteiger partial charge >= 0.3 is 5.97 Å². The summed E-state index contributed by atoms with van der Waals surface area (Å²) in [5.41, 5.74) is 11.4. The van der Waals surface area contributed by atoms with Crippen LogP contribution in [-0.2, 0) is 24.1 Å². The van der Waals surface area contributed by atoms with Crippen LogP contribution < -0.4 is 4.74 Å². The molecule has 0 aliphatic heterocycles. The zero-order chi connectivity index (χ0) is 27.0. The molecule has 3 aromatic carbocycles. The van der Waals surface area contributed by atoms with Gasteiger partial charge in [0, 0.05) is 5.92 Å². The van der Waals surface area contributed by atoms with Gasteiger partial charge in [-0.1, -0.05) is 36.4 Å². The Morgan fingerprint density at radius 3 is 2.45 bits per heavy atom. The molecule has 1 fully saturated rings. The minimum atomic E-state index is -0.888. The maximum atomic E-state index is 11.5. The Kier molecular flexibility index (Phi) is 7.34. The summed E-state index contributed by atoms with van der Waals surface area (Å²) in [5, 5.41) is 28.1. The summed E-state index contributed by atoms with van der Waals surface area (Å²) >= 11 is 0. The lowest BCUT2D eigenvalue weighted by Gasteiger charge is -2.18. The van der Waals surface area contributed by atoms with Gasteiger partial charge in [0.25, 0.3) is 0 Å². The number of carboxylic acids is 1. The summed E-state index contributed by atoms with van der Waals surface area (Å²) in [4.78, 5) is 11.5. The molecule has 200 valence electrons. The highest BCUT2D eigenvalue weighted by molar-refractivity contribution is 5.75. The number of aliphatic hydroxyl groups excluding tert-OH is 2. The number of carbonyl (C=O) groups is 1. The first-order valence-electron chi connectivity index (χ1n) is 13.7. The Morgan fingerprint density at radius 2 is 1.79 bits per heavy atom. The molecule has 0 radical (unpaired) electrons. The number of rotatable bonds is 10. The summed E-state index contributed by atoms with van der Waals surface area (Å²) in [6, 6.07) is 17.2. The van der Waals surface area contributed by atoms with Crippen LogP contribution in [0.15, 0.2) is 48.5 Å². The molecule has 5 heteroatoms. The van der Waals surface area contributed by atoms with Crippen molar-refractivity contribution in [1.82, 2.24) is 0 Å². The standard InChI is InChI=1S/C33H38O5/c1-20-13-27(38-19-26(35)18-34)14-21(2)32(20)28-6-4-5-24(22(28)3)9-7-23-8-10-29-25(15-23)17-33(11-12-33)30(29)16-31(36)37/h4-6,8,10,13-15,26,30,34-35H,7,9,11-12,16-19H2,1-3H3,(H,36,37)/t26-,30?/m0/s1. The molecule has 0 heterocycles. The van der Waals surface area contributed by atoms with Crippen molar-refractivity contribution in [3.63, 3.8) is 0 Å². The second-order valence-electron chi connectivity index (χ2n) is 11.4. The van der Waals surface area contributed by atoms with Gasteiger partial charge in [-0.05, 0) is 120 Å². The molecule has 2 aliphatic rings. The summed E-state index contributed by atoms with van der Waals surface area (Å²) in [6.07, 6.45) is 4.58. The van der Waals surface area contributed by atoms with Gasteiger partial charge < -0.3 is 20.1 Å². The van der Waals surface area contributed by atoms with Crippen molar-refractivity contribution in [3.05, 3.63) is 87.5 Å². The van der Waals surface area contributed by atoms with Crippen LogP contribution >= 0.6 is 0 Å². The number of ether oxygens (including phenoxy) is 1. The first-order valence-corrected chi connectivity index (χ1v) is 13.7. The first kappa shape index (κ1) is 26.5. The Bertz CT molecular complexity index is 1330. The van der Waals surface area contributed by atoms with Gasteiger partial charge in [-0.15, -0.1) is 0 Å². The summed E-state index contributed by atoms with van der Waals surface area (Å²) in [6.45, 7) is 6.10. The largest absolute Gasteiger partial charge is 0.491 e.